The Morgan fingerprint density at radius 2 is 2.21 bits per heavy atom. The number of hydrogen-bond donors (Lipinski definition) is 1. The van der Waals surface area contributed by atoms with Crippen LogP contribution in [0.2, 0.25) is 0 Å². The monoisotopic (exact) mass is 209 g/mol. The number of carbonyl (C=O) groups is 1. The molecule has 2 nitrogen and oxygen atoms in total. The molecule has 0 aliphatic carbocycles. The molecular formula is C11H12ClNO. The topological polar surface area (TPSA) is 29.1 Å². The molecule has 1 aliphatic rings. The van der Waals surface area contributed by atoms with Crippen LogP contribution in [0.15, 0.2) is 18.2 Å². The van der Waals surface area contributed by atoms with Gasteiger partial charge in [-0.3, -0.25) is 4.79 Å². The van der Waals surface area contributed by atoms with E-state index in [1.54, 1.807) is 0 Å². The summed E-state index contributed by atoms with van der Waals surface area (Å²) in [5.74, 6) is 0.642. The van der Waals surface area contributed by atoms with Gasteiger partial charge < -0.3 is 5.32 Å². The van der Waals surface area contributed by atoms with Crippen molar-refractivity contribution in [2.24, 2.45) is 0 Å². The molecule has 1 N–H and O–H groups in total. The molecule has 1 aromatic carbocycles. The van der Waals surface area contributed by atoms with Crippen molar-refractivity contribution in [3.63, 3.8) is 0 Å². The summed E-state index contributed by atoms with van der Waals surface area (Å²) in [6, 6.07) is 5.97. The Kier molecular flexibility index (Phi) is 2.73. The standard InChI is InChI=1S/C11H12ClNO/c12-7-8-4-5-10-9(6-8)2-1-3-11(14)13-10/h4-6H,1-3,7H2,(H,13,14). The van der Waals surface area contributed by atoms with Crippen LogP contribution in [-0.2, 0) is 17.1 Å². The van der Waals surface area contributed by atoms with Gasteiger partial charge in [0.25, 0.3) is 0 Å². The second kappa shape index (κ2) is 4.01. The molecule has 1 aromatic rings. The van der Waals surface area contributed by atoms with E-state index in [2.05, 4.69) is 11.4 Å². The van der Waals surface area contributed by atoms with Crippen molar-refractivity contribution >= 4 is 23.2 Å². The lowest BCUT2D eigenvalue weighted by atomic mass is 10.1. The van der Waals surface area contributed by atoms with Crippen LogP contribution < -0.4 is 5.32 Å². The van der Waals surface area contributed by atoms with Crippen molar-refractivity contribution in [1.29, 1.82) is 0 Å². The molecule has 0 spiro atoms. The summed E-state index contributed by atoms with van der Waals surface area (Å²) < 4.78 is 0. The first-order valence-corrected chi connectivity index (χ1v) is 5.30. The highest BCUT2D eigenvalue weighted by Crippen LogP contribution is 2.23. The van der Waals surface area contributed by atoms with Crippen LogP contribution in [0.1, 0.15) is 24.0 Å². The second-order valence-electron chi connectivity index (χ2n) is 3.53. The Hall–Kier alpha value is -1.02. The number of aryl methyl sites for hydroxylation is 1. The fourth-order valence-corrected chi connectivity index (χ4v) is 1.88. The van der Waals surface area contributed by atoms with Crippen LogP contribution in [0, 0.1) is 0 Å². The minimum Gasteiger partial charge on any atom is -0.326 e. The van der Waals surface area contributed by atoms with E-state index in [1.807, 2.05) is 12.1 Å². The van der Waals surface area contributed by atoms with Gasteiger partial charge in [0.1, 0.15) is 0 Å². The van der Waals surface area contributed by atoms with Crippen molar-refractivity contribution in [1.82, 2.24) is 0 Å². The lowest BCUT2D eigenvalue weighted by Crippen LogP contribution is -2.09. The van der Waals surface area contributed by atoms with Gasteiger partial charge in [-0.2, -0.15) is 0 Å². The first-order chi connectivity index (χ1) is 6.79. The lowest BCUT2D eigenvalue weighted by Gasteiger charge is -2.07. The number of anilines is 1. The highest BCUT2D eigenvalue weighted by Gasteiger charge is 2.12. The van der Waals surface area contributed by atoms with Gasteiger partial charge in [-0.1, -0.05) is 12.1 Å². The van der Waals surface area contributed by atoms with E-state index in [9.17, 15) is 4.79 Å². The summed E-state index contributed by atoms with van der Waals surface area (Å²) in [6.45, 7) is 0. The number of halogens is 1. The molecule has 1 amide bonds. The fraction of sp³-hybridized carbons (Fsp3) is 0.364. The van der Waals surface area contributed by atoms with Gasteiger partial charge in [-0.05, 0) is 30.0 Å². The molecule has 0 atom stereocenters. The number of nitrogens with one attached hydrogen (secondary N) is 1. The predicted octanol–water partition coefficient (Wildman–Crippen LogP) is 2.70. The number of benzene rings is 1. The Bertz CT molecular complexity index is 362. The van der Waals surface area contributed by atoms with Crippen LogP contribution in [0.4, 0.5) is 5.69 Å². The summed E-state index contributed by atoms with van der Waals surface area (Å²) in [6.07, 6.45) is 2.49. The van der Waals surface area contributed by atoms with Gasteiger partial charge in [-0.25, -0.2) is 0 Å². The van der Waals surface area contributed by atoms with E-state index in [4.69, 9.17) is 11.6 Å². The summed E-state index contributed by atoms with van der Waals surface area (Å²) in [7, 11) is 0. The first kappa shape index (κ1) is 9.53. The average molecular weight is 210 g/mol. The van der Waals surface area contributed by atoms with E-state index >= 15 is 0 Å². The zero-order valence-corrected chi connectivity index (χ0v) is 8.60. The summed E-state index contributed by atoms with van der Waals surface area (Å²) in [5, 5.41) is 2.89. The number of hydrogen-bond acceptors (Lipinski definition) is 1. The zero-order chi connectivity index (χ0) is 9.97. The van der Waals surface area contributed by atoms with Crippen molar-refractivity contribution in [3.8, 4) is 0 Å². The first-order valence-electron chi connectivity index (χ1n) is 4.77. The minimum absolute atomic E-state index is 0.113. The molecule has 0 radical (unpaired) electrons. The maximum Gasteiger partial charge on any atom is 0.224 e. The third-order valence-corrected chi connectivity index (χ3v) is 2.76. The highest BCUT2D eigenvalue weighted by molar-refractivity contribution is 6.17. The summed E-state index contributed by atoms with van der Waals surface area (Å²) in [4.78, 5) is 11.3. The van der Waals surface area contributed by atoms with Crippen molar-refractivity contribution in [3.05, 3.63) is 29.3 Å². The van der Waals surface area contributed by atoms with Crippen LogP contribution >= 0.6 is 11.6 Å². The number of amides is 1. The van der Waals surface area contributed by atoms with Crippen LogP contribution in [0.25, 0.3) is 0 Å². The van der Waals surface area contributed by atoms with Crippen molar-refractivity contribution < 1.29 is 4.79 Å². The number of fused-ring (bicyclic) bond motifs is 1. The SMILES string of the molecule is O=C1CCCc2cc(CCl)ccc2N1. The average Bonchev–Trinajstić information content (AvgIpc) is 2.37. The van der Waals surface area contributed by atoms with E-state index in [0.29, 0.717) is 12.3 Å². The molecule has 1 heterocycles. The molecule has 0 saturated heterocycles. The molecule has 0 bridgehead atoms. The van der Waals surface area contributed by atoms with Gasteiger partial charge in [0, 0.05) is 18.0 Å². The zero-order valence-electron chi connectivity index (χ0n) is 7.85. The molecule has 3 heteroatoms. The quantitative estimate of drug-likeness (QED) is 0.708. The second-order valence-corrected chi connectivity index (χ2v) is 3.79. The maximum atomic E-state index is 11.3. The Morgan fingerprint density at radius 3 is 3.00 bits per heavy atom. The van der Waals surface area contributed by atoms with E-state index in [0.717, 1.165) is 24.1 Å². The predicted molar refractivity (Wildman–Crippen MR) is 57.6 cm³/mol. The van der Waals surface area contributed by atoms with Crippen LogP contribution in [0.5, 0.6) is 0 Å². The third-order valence-electron chi connectivity index (χ3n) is 2.45. The summed E-state index contributed by atoms with van der Waals surface area (Å²) >= 11 is 5.75. The van der Waals surface area contributed by atoms with E-state index < -0.39 is 0 Å². The molecule has 14 heavy (non-hydrogen) atoms. The molecule has 1 aliphatic heterocycles. The number of carbonyl (C=O) groups excluding carboxylic acids is 1. The molecule has 0 aromatic heterocycles. The summed E-state index contributed by atoms with van der Waals surface area (Å²) in [5.41, 5.74) is 3.26. The van der Waals surface area contributed by atoms with Crippen molar-refractivity contribution in [2.75, 3.05) is 5.32 Å². The number of rotatable bonds is 1. The smallest absolute Gasteiger partial charge is 0.224 e. The Labute approximate surface area is 88.3 Å². The lowest BCUT2D eigenvalue weighted by molar-refractivity contribution is -0.116. The van der Waals surface area contributed by atoms with Gasteiger partial charge in [-0.15, -0.1) is 11.6 Å². The van der Waals surface area contributed by atoms with Gasteiger partial charge in [0.2, 0.25) is 5.91 Å². The molecule has 0 unspecified atom stereocenters. The van der Waals surface area contributed by atoms with Crippen LogP contribution in [0.3, 0.4) is 0 Å². The highest BCUT2D eigenvalue weighted by atomic mass is 35.5. The number of alkyl halides is 1. The maximum absolute atomic E-state index is 11.3. The third kappa shape index (κ3) is 1.90. The van der Waals surface area contributed by atoms with Gasteiger partial charge >= 0.3 is 0 Å². The molecular weight excluding hydrogens is 198 g/mol. The van der Waals surface area contributed by atoms with Crippen molar-refractivity contribution in [2.45, 2.75) is 25.1 Å². The van der Waals surface area contributed by atoms with Crippen LogP contribution in [-0.4, -0.2) is 5.91 Å². The molecule has 2 rings (SSSR count). The fourth-order valence-electron chi connectivity index (χ4n) is 1.71. The molecule has 74 valence electrons. The Balaban J connectivity index is 2.35. The molecule has 0 saturated carbocycles. The van der Waals surface area contributed by atoms with E-state index in [1.165, 1.54) is 5.56 Å². The largest absolute Gasteiger partial charge is 0.326 e. The van der Waals surface area contributed by atoms with Gasteiger partial charge in [0.15, 0.2) is 0 Å². The van der Waals surface area contributed by atoms with E-state index in [-0.39, 0.29) is 5.91 Å². The normalized spacial score (nSPS) is 15.6. The minimum atomic E-state index is 0.113. The molecule has 0 fully saturated rings. The Morgan fingerprint density at radius 1 is 1.36 bits per heavy atom. The van der Waals surface area contributed by atoms with Gasteiger partial charge in [0.05, 0.1) is 0 Å².